The standard InChI is InChI=1S/C14H26N2O/c1-14(2)11-16(9-8-15(14)3)10-12-6-4-5-7-13(12)17/h12H,4-11H2,1-3H3. The predicted octanol–water partition coefficient (Wildman–Crippen LogP) is 1.77. The molecule has 1 saturated heterocycles. The smallest absolute Gasteiger partial charge is 0.137 e. The Labute approximate surface area is 105 Å². The summed E-state index contributed by atoms with van der Waals surface area (Å²) in [4.78, 5) is 16.8. The Hall–Kier alpha value is -0.410. The van der Waals surface area contributed by atoms with E-state index in [9.17, 15) is 4.79 Å². The summed E-state index contributed by atoms with van der Waals surface area (Å²) in [5, 5.41) is 0. The third-order valence-electron chi connectivity index (χ3n) is 4.56. The summed E-state index contributed by atoms with van der Waals surface area (Å²) in [5.74, 6) is 0.830. The van der Waals surface area contributed by atoms with Gasteiger partial charge in [0.1, 0.15) is 5.78 Å². The minimum Gasteiger partial charge on any atom is -0.300 e. The van der Waals surface area contributed by atoms with Crippen molar-refractivity contribution in [3.05, 3.63) is 0 Å². The number of piperazine rings is 1. The summed E-state index contributed by atoms with van der Waals surface area (Å²) in [7, 11) is 2.20. The molecule has 2 fully saturated rings. The van der Waals surface area contributed by atoms with Crippen LogP contribution in [0.2, 0.25) is 0 Å². The molecule has 1 atom stereocenters. The lowest BCUT2D eigenvalue weighted by Crippen LogP contribution is -2.58. The SMILES string of the molecule is CN1CCN(CC2CCCCC2=O)CC1(C)C. The van der Waals surface area contributed by atoms with Gasteiger partial charge in [-0.1, -0.05) is 6.42 Å². The normalized spacial score (nSPS) is 31.7. The maximum absolute atomic E-state index is 11.9. The van der Waals surface area contributed by atoms with E-state index in [1.54, 1.807) is 0 Å². The molecule has 17 heavy (non-hydrogen) atoms. The molecule has 1 aliphatic heterocycles. The number of hydrogen-bond donors (Lipinski definition) is 0. The van der Waals surface area contributed by atoms with Gasteiger partial charge in [0.25, 0.3) is 0 Å². The highest BCUT2D eigenvalue weighted by Gasteiger charge is 2.33. The van der Waals surface area contributed by atoms with E-state index in [1.807, 2.05) is 0 Å². The molecule has 0 bridgehead atoms. The molecule has 1 heterocycles. The number of ketones is 1. The van der Waals surface area contributed by atoms with Crippen molar-refractivity contribution in [2.24, 2.45) is 5.92 Å². The van der Waals surface area contributed by atoms with E-state index in [4.69, 9.17) is 0 Å². The first-order chi connectivity index (χ1) is 7.99. The molecule has 3 heteroatoms. The van der Waals surface area contributed by atoms with Gasteiger partial charge in [0.15, 0.2) is 0 Å². The Morgan fingerprint density at radius 1 is 1.29 bits per heavy atom. The molecule has 0 aromatic heterocycles. The van der Waals surface area contributed by atoms with Crippen LogP contribution in [0.5, 0.6) is 0 Å². The van der Waals surface area contributed by atoms with Gasteiger partial charge in [-0.3, -0.25) is 14.6 Å². The minimum atomic E-state index is 0.246. The lowest BCUT2D eigenvalue weighted by Gasteiger charge is -2.46. The number of hydrogen-bond acceptors (Lipinski definition) is 3. The molecule has 0 aromatic carbocycles. The fourth-order valence-electron chi connectivity index (χ4n) is 3.06. The Morgan fingerprint density at radius 2 is 2.06 bits per heavy atom. The monoisotopic (exact) mass is 238 g/mol. The quantitative estimate of drug-likeness (QED) is 0.732. The highest BCUT2D eigenvalue weighted by Crippen LogP contribution is 2.24. The number of carbonyl (C=O) groups excluding carboxylic acids is 1. The zero-order valence-corrected chi connectivity index (χ0v) is 11.5. The van der Waals surface area contributed by atoms with Gasteiger partial charge >= 0.3 is 0 Å². The van der Waals surface area contributed by atoms with E-state index in [1.165, 1.54) is 6.42 Å². The molecule has 3 nitrogen and oxygen atoms in total. The van der Waals surface area contributed by atoms with Gasteiger partial charge < -0.3 is 0 Å². The van der Waals surface area contributed by atoms with Crippen molar-refractivity contribution in [2.75, 3.05) is 33.2 Å². The van der Waals surface area contributed by atoms with Crippen LogP contribution in [-0.4, -0.2) is 54.3 Å². The molecule has 0 aromatic rings. The Kier molecular flexibility index (Phi) is 3.88. The average molecular weight is 238 g/mol. The van der Waals surface area contributed by atoms with Crippen molar-refractivity contribution >= 4 is 5.78 Å². The number of nitrogens with zero attached hydrogens (tertiary/aromatic N) is 2. The second kappa shape index (κ2) is 5.07. The van der Waals surface area contributed by atoms with Crippen molar-refractivity contribution in [1.82, 2.24) is 9.80 Å². The number of carbonyl (C=O) groups is 1. The number of Topliss-reactive ketones (excluding diaryl/α,β-unsaturated/α-hetero) is 1. The summed E-state index contributed by atoms with van der Waals surface area (Å²) < 4.78 is 0. The Bertz CT molecular complexity index is 288. The van der Waals surface area contributed by atoms with Gasteiger partial charge in [0.05, 0.1) is 0 Å². The summed E-state index contributed by atoms with van der Waals surface area (Å²) in [5.41, 5.74) is 0.246. The molecule has 0 amide bonds. The molecule has 1 aliphatic carbocycles. The molecule has 0 N–H and O–H groups in total. The van der Waals surface area contributed by atoms with E-state index in [2.05, 4.69) is 30.7 Å². The fraction of sp³-hybridized carbons (Fsp3) is 0.929. The van der Waals surface area contributed by atoms with E-state index >= 15 is 0 Å². The zero-order valence-electron chi connectivity index (χ0n) is 11.5. The van der Waals surface area contributed by atoms with Crippen LogP contribution in [0, 0.1) is 5.92 Å². The number of rotatable bonds is 2. The lowest BCUT2D eigenvalue weighted by atomic mass is 9.87. The molecule has 98 valence electrons. The largest absolute Gasteiger partial charge is 0.300 e. The van der Waals surface area contributed by atoms with Crippen LogP contribution in [0.25, 0.3) is 0 Å². The summed E-state index contributed by atoms with van der Waals surface area (Å²) in [6, 6.07) is 0. The van der Waals surface area contributed by atoms with Gasteiger partial charge in [-0.25, -0.2) is 0 Å². The van der Waals surface area contributed by atoms with Crippen molar-refractivity contribution < 1.29 is 4.79 Å². The molecule has 0 radical (unpaired) electrons. The lowest BCUT2D eigenvalue weighted by molar-refractivity contribution is -0.125. The number of likely N-dealkylation sites (N-methyl/N-ethyl adjacent to an activating group) is 1. The topological polar surface area (TPSA) is 23.6 Å². The van der Waals surface area contributed by atoms with Crippen LogP contribution in [-0.2, 0) is 4.79 Å². The third kappa shape index (κ3) is 3.08. The Balaban J connectivity index is 1.89. The summed E-state index contributed by atoms with van der Waals surface area (Å²) in [6.07, 6.45) is 4.30. The van der Waals surface area contributed by atoms with Gasteiger partial charge in [-0.2, -0.15) is 0 Å². The third-order valence-corrected chi connectivity index (χ3v) is 4.56. The molecule has 1 saturated carbocycles. The van der Waals surface area contributed by atoms with Crippen molar-refractivity contribution in [2.45, 2.75) is 45.1 Å². The molecule has 0 spiro atoms. The van der Waals surface area contributed by atoms with Crippen LogP contribution < -0.4 is 0 Å². The van der Waals surface area contributed by atoms with Gasteiger partial charge in [0, 0.05) is 44.1 Å². The van der Waals surface area contributed by atoms with Gasteiger partial charge in [-0.05, 0) is 33.7 Å². The van der Waals surface area contributed by atoms with Crippen LogP contribution in [0.1, 0.15) is 39.5 Å². The Morgan fingerprint density at radius 3 is 2.71 bits per heavy atom. The second-order valence-corrected chi connectivity index (χ2v) is 6.38. The molecule has 2 aliphatic rings. The first-order valence-electron chi connectivity index (χ1n) is 6.95. The van der Waals surface area contributed by atoms with E-state index in [0.29, 0.717) is 11.7 Å². The van der Waals surface area contributed by atoms with Gasteiger partial charge in [0.2, 0.25) is 0 Å². The zero-order chi connectivity index (χ0) is 12.5. The van der Waals surface area contributed by atoms with Crippen molar-refractivity contribution in [3.8, 4) is 0 Å². The average Bonchev–Trinajstić information content (AvgIpc) is 2.26. The summed E-state index contributed by atoms with van der Waals surface area (Å²) in [6.45, 7) is 8.91. The van der Waals surface area contributed by atoms with Crippen LogP contribution in [0.15, 0.2) is 0 Å². The molecular weight excluding hydrogens is 212 g/mol. The first-order valence-corrected chi connectivity index (χ1v) is 6.95. The maximum Gasteiger partial charge on any atom is 0.137 e. The highest BCUT2D eigenvalue weighted by atomic mass is 16.1. The van der Waals surface area contributed by atoms with E-state index in [0.717, 1.165) is 45.4 Å². The van der Waals surface area contributed by atoms with Crippen LogP contribution in [0.4, 0.5) is 0 Å². The van der Waals surface area contributed by atoms with Crippen LogP contribution >= 0.6 is 0 Å². The van der Waals surface area contributed by atoms with Crippen molar-refractivity contribution in [3.63, 3.8) is 0 Å². The van der Waals surface area contributed by atoms with E-state index < -0.39 is 0 Å². The van der Waals surface area contributed by atoms with Crippen molar-refractivity contribution in [1.29, 1.82) is 0 Å². The molecule has 1 unspecified atom stereocenters. The second-order valence-electron chi connectivity index (χ2n) is 6.38. The molecular formula is C14H26N2O. The predicted molar refractivity (Wildman–Crippen MR) is 70.1 cm³/mol. The molecule has 2 rings (SSSR count). The van der Waals surface area contributed by atoms with Gasteiger partial charge in [-0.15, -0.1) is 0 Å². The fourth-order valence-corrected chi connectivity index (χ4v) is 3.06. The van der Waals surface area contributed by atoms with E-state index in [-0.39, 0.29) is 5.54 Å². The maximum atomic E-state index is 11.9. The summed E-state index contributed by atoms with van der Waals surface area (Å²) >= 11 is 0. The van der Waals surface area contributed by atoms with Crippen LogP contribution in [0.3, 0.4) is 0 Å². The minimum absolute atomic E-state index is 0.246. The first kappa shape index (κ1) is 13.0. The highest BCUT2D eigenvalue weighted by molar-refractivity contribution is 5.81.